The molecule has 0 heterocycles. The summed E-state index contributed by atoms with van der Waals surface area (Å²) in [4.78, 5) is 0. The maximum atomic E-state index is 3.22. The Morgan fingerprint density at radius 1 is 1.15 bits per heavy atom. The summed E-state index contributed by atoms with van der Waals surface area (Å²) in [6.45, 7) is 4.43. The summed E-state index contributed by atoms with van der Waals surface area (Å²) in [6.07, 6.45) is 0. The predicted octanol–water partition coefficient (Wildman–Crippen LogP) is 3.76. The third-order valence-corrected chi connectivity index (χ3v) is 2.35. The normalized spacial score (nSPS) is 11.0. The minimum Gasteiger partial charge on any atom is -0.0610 e. The van der Waals surface area contributed by atoms with E-state index in [-0.39, 0.29) is 0 Å². The lowest BCUT2D eigenvalue weighted by atomic mass is 9.99. The number of hydrogen-bond donors (Lipinski definition) is 0. The van der Waals surface area contributed by atoms with Crippen LogP contribution in [0.1, 0.15) is 25.3 Å². The van der Waals surface area contributed by atoms with Crippen LogP contribution < -0.4 is 0 Å². The Bertz CT molecular complexity index is 413. The quantitative estimate of drug-likeness (QED) is 0.609. The van der Waals surface area contributed by atoms with Crippen molar-refractivity contribution in [2.24, 2.45) is 0 Å². The van der Waals surface area contributed by atoms with E-state index in [1.54, 1.807) is 0 Å². The fourth-order valence-corrected chi connectivity index (χ4v) is 1.50. The van der Waals surface area contributed by atoms with E-state index < -0.39 is 0 Å². The lowest BCUT2D eigenvalue weighted by Gasteiger charge is -2.05. The van der Waals surface area contributed by atoms with Crippen molar-refractivity contribution < 1.29 is 0 Å². The van der Waals surface area contributed by atoms with Crippen molar-refractivity contribution in [1.29, 1.82) is 0 Å². The van der Waals surface area contributed by atoms with Gasteiger partial charge in [-0.05, 0) is 28.3 Å². The predicted molar refractivity (Wildman–Crippen MR) is 56.9 cm³/mol. The van der Waals surface area contributed by atoms with Crippen LogP contribution >= 0.6 is 0 Å². The van der Waals surface area contributed by atoms with Crippen LogP contribution in [0.25, 0.3) is 10.8 Å². The zero-order valence-electron chi connectivity index (χ0n) is 8.04. The van der Waals surface area contributed by atoms with E-state index in [2.05, 4.69) is 44.2 Å². The highest BCUT2D eigenvalue weighted by molar-refractivity contribution is 5.82. The molecule has 0 atom stereocenters. The first kappa shape index (κ1) is 8.31. The van der Waals surface area contributed by atoms with Crippen molar-refractivity contribution >= 4 is 10.8 Å². The Balaban J connectivity index is 2.62. The monoisotopic (exact) mass is 169 g/mol. The molecule has 0 aliphatic rings. The van der Waals surface area contributed by atoms with Crippen molar-refractivity contribution in [1.82, 2.24) is 0 Å². The minimum absolute atomic E-state index is 0.601. The van der Waals surface area contributed by atoms with E-state index in [1.165, 1.54) is 16.3 Å². The molecule has 0 nitrogen and oxygen atoms in total. The summed E-state index contributed by atoms with van der Waals surface area (Å²) in [7, 11) is 0. The van der Waals surface area contributed by atoms with Gasteiger partial charge in [-0.3, -0.25) is 0 Å². The number of rotatable bonds is 1. The fraction of sp³-hybridized carbons (Fsp3) is 0.231. The molecule has 0 spiro atoms. The van der Waals surface area contributed by atoms with Gasteiger partial charge in [0.15, 0.2) is 0 Å². The van der Waals surface area contributed by atoms with Crippen molar-refractivity contribution in [3.8, 4) is 0 Å². The van der Waals surface area contributed by atoms with Gasteiger partial charge in [0.05, 0.1) is 0 Å². The van der Waals surface area contributed by atoms with Gasteiger partial charge in [0, 0.05) is 0 Å². The topological polar surface area (TPSA) is 0 Å². The summed E-state index contributed by atoms with van der Waals surface area (Å²) in [5, 5.41) is 2.49. The van der Waals surface area contributed by atoms with E-state index in [0.717, 1.165) is 0 Å². The zero-order valence-corrected chi connectivity index (χ0v) is 8.04. The minimum atomic E-state index is 0.601. The van der Waals surface area contributed by atoms with Crippen LogP contribution in [0.3, 0.4) is 0 Å². The van der Waals surface area contributed by atoms with E-state index >= 15 is 0 Å². The van der Waals surface area contributed by atoms with Crippen LogP contribution in [0.15, 0.2) is 36.4 Å². The van der Waals surface area contributed by atoms with Crippen LogP contribution in [0.2, 0.25) is 0 Å². The Kier molecular flexibility index (Phi) is 2.05. The number of fused-ring (bicyclic) bond motifs is 1. The van der Waals surface area contributed by atoms with Crippen LogP contribution in [0, 0.1) is 6.07 Å². The van der Waals surface area contributed by atoms with Gasteiger partial charge < -0.3 is 0 Å². The van der Waals surface area contributed by atoms with Gasteiger partial charge in [0.25, 0.3) is 0 Å². The first-order chi connectivity index (χ1) is 6.27. The average molecular weight is 169 g/mol. The highest BCUT2D eigenvalue weighted by Gasteiger charge is 1.99. The fourth-order valence-electron chi connectivity index (χ4n) is 1.50. The molecule has 2 aromatic carbocycles. The van der Waals surface area contributed by atoms with E-state index in [1.807, 2.05) is 12.1 Å². The highest BCUT2D eigenvalue weighted by Crippen LogP contribution is 2.20. The molecule has 65 valence electrons. The maximum Gasteiger partial charge on any atom is -0.00992 e. The summed E-state index contributed by atoms with van der Waals surface area (Å²) in [6, 6.07) is 15.9. The van der Waals surface area contributed by atoms with Gasteiger partial charge in [-0.25, -0.2) is 0 Å². The molecule has 0 amide bonds. The lowest BCUT2D eigenvalue weighted by molar-refractivity contribution is 0.869. The number of benzene rings is 2. The molecule has 0 saturated carbocycles. The standard InChI is InChI=1S/C13H13/c1-10(2)12-8-7-11-5-3-4-6-13(11)9-12/h3-4,6-10H,1-2H3. The molecule has 2 aromatic rings. The molecular formula is C13H13. The third kappa shape index (κ3) is 1.57. The van der Waals surface area contributed by atoms with Gasteiger partial charge in [-0.15, -0.1) is 0 Å². The molecule has 1 radical (unpaired) electrons. The van der Waals surface area contributed by atoms with E-state index in [4.69, 9.17) is 0 Å². The van der Waals surface area contributed by atoms with Gasteiger partial charge >= 0.3 is 0 Å². The molecule has 13 heavy (non-hydrogen) atoms. The Morgan fingerprint density at radius 2 is 2.00 bits per heavy atom. The first-order valence-corrected chi connectivity index (χ1v) is 4.68. The van der Waals surface area contributed by atoms with Gasteiger partial charge in [-0.2, -0.15) is 0 Å². The Hall–Kier alpha value is -1.30. The SMILES string of the molecule is CC(C)c1ccc2[c]cccc2c1. The first-order valence-electron chi connectivity index (χ1n) is 4.68. The Labute approximate surface area is 79.2 Å². The van der Waals surface area contributed by atoms with Crippen LogP contribution in [0.4, 0.5) is 0 Å². The second-order valence-corrected chi connectivity index (χ2v) is 3.67. The Morgan fingerprint density at radius 3 is 2.77 bits per heavy atom. The molecule has 0 aliphatic heterocycles. The molecule has 0 aromatic heterocycles. The third-order valence-electron chi connectivity index (χ3n) is 2.35. The maximum absolute atomic E-state index is 3.22. The van der Waals surface area contributed by atoms with Crippen LogP contribution in [0.5, 0.6) is 0 Å². The largest absolute Gasteiger partial charge is 0.0610 e. The van der Waals surface area contributed by atoms with Crippen molar-refractivity contribution in [2.75, 3.05) is 0 Å². The second-order valence-electron chi connectivity index (χ2n) is 3.67. The average Bonchev–Trinajstić information content (AvgIpc) is 2.17. The second kappa shape index (κ2) is 3.21. The number of hydrogen-bond acceptors (Lipinski definition) is 0. The van der Waals surface area contributed by atoms with Gasteiger partial charge in [0.2, 0.25) is 0 Å². The highest BCUT2D eigenvalue weighted by atomic mass is 14.0. The summed E-state index contributed by atoms with van der Waals surface area (Å²) < 4.78 is 0. The van der Waals surface area contributed by atoms with E-state index in [0.29, 0.717) is 5.92 Å². The van der Waals surface area contributed by atoms with Crippen molar-refractivity contribution in [3.05, 3.63) is 48.0 Å². The molecule has 0 bridgehead atoms. The molecule has 0 fully saturated rings. The zero-order chi connectivity index (χ0) is 9.26. The van der Waals surface area contributed by atoms with Crippen LogP contribution in [-0.2, 0) is 0 Å². The van der Waals surface area contributed by atoms with Gasteiger partial charge in [0.1, 0.15) is 0 Å². The smallest absolute Gasteiger partial charge is 0.00992 e. The van der Waals surface area contributed by atoms with Crippen molar-refractivity contribution in [3.63, 3.8) is 0 Å². The van der Waals surface area contributed by atoms with E-state index in [9.17, 15) is 0 Å². The van der Waals surface area contributed by atoms with Gasteiger partial charge in [-0.1, -0.05) is 50.2 Å². The lowest BCUT2D eigenvalue weighted by Crippen LogP contribution is -1.86. The molecular weight excluding hydrogens is 156 g/mol. The molecule has 0 unspecified atom stereocenters. The van der Waals surface area contributed by atoms with Crippen molar-refractivity contribution in [2.45, 2.75) is 19.8 Å². The summed E-state index contributed by atoms with van der Waals surface area (Å²) in [5.41, 5.74) is 1.40. The molecule has 2 rings (SSSR count). The molecule has 0 aliphatic carbocycles. The molecule has 0 N–H and O–H groups in total. The summed E-state index contributed by atoms with van der Waals surface area (Å²) in [5.74, 6) is 0.601. The summed E-state index contributed by atoms with van der Waals surface area (Å²) >= 11 is 0. The molecule has 0 saturated heterocycles. The van der Waals surface area contributed by atoms with Crippen LogP contribution in [-0.4, -0.2) is 0 Å². The molecule has 0 heteroatoms.